The second-order valence-corrected chi connectivity index (χ2v) is 6.72. The van der Waals surface area contributed by atoms with Crippen LogP contribution in [0.15, 0.2) is 48.5 Å². The van der Waals surface area contributed by atoms with Gasteiger partial charge in [-0.2, -0.15) is 0 Å². The quantitative estimate of drug-likeness (QED) is 0.731. The van der Waals surface area contributed by atoms with Crippen LogP contribution < -0.4 is 10.5 Å². The number of nitrogens with two attached hydrogens (primary N) is 1. The predicted octanol–water partition coefficient (Wildman–Crippen LogP) is 2.74. The Morgan fingerprint density at radius 1 is 1.22 bits per heavy atom. The van der Waals surface area contributed by atoms with Gasteiger partial charge in [0, 0.05) is 42.7 Å². The minimum atomic E-state index is -0.424. The highest BCUT2D eigenvalue weighted by Crippen LogP contribution is 2.26. The Balaban J connectivity index is 1.51. The maximum absolute atomic E-state index is 11.2. The van der Waals surface area contributed by atoms with E-state index in [4.69, 9.17) is 15.5 Å². The van der Waals surface area contributed by atoms with Crippen LogP contribution in [0.3, 0.4) is 0 Å². The van der Waals surface area contributed by atoms with Crippen molar-refractivity contribution in [1.82, 2.24) is 14.9 Å². The van der Waals surface area contributed by atoms with Gasteiger partial charge < -0.3 is 15.5 Å². The predicted molar refractivity (Wildman–Crippen MR) is 103 cm³/mol. The summed E-state index contributed by atoms with van der Waals surface area (Å²) >= 11 is 0. The van der Waals surface area contributed by atoms with Gasteiger partial charge in [-0.25, -0.2) is 4.98 Å². The number of para-hydroxylation sites is 1. The van der Waals surface area contributed by atoms with Crippen molar-refractivity contribution >= 4 is 5.91 Å². The molecule has 1 aliphatic heterocycles. The molecular formula is C21H22N4O2. The molecule has 6 nitrogen and oxygen atoms in total. The molecule has 6 heteroatoms. The molecule has 2 heterocycles. The lowest BCUT2D eigenvalue weighted by Crippen LogP contribution is -2.30. The zero-order valence-corrected chi connectivity index (χ0v) is 15.2. The monoisotopic (exact) mass is 362 g/mol. The van der Waals surface area contributed by atoms with E-state index in [0.717, 1.165) is 54.6 Å². The van der Waals surface area contributed by atoms with Gasteiger partial charge in [-0.3, -0.25) is 9.69 Å². The van der Waals surface area contributed by atoms with Crippen LogP contribution in [0.25, 0.3) is 11.4 Å². The number of aromatic nitrogens is 2. The highest BCUT2D eigenvalue weighted by atomic mass is 16.5. The Hall–Kier alpha value is -3.12. The summed E-state index contributed by atoms with van der Waals surface area (Å²) in [5.41, 5.74) is 10.2. The van der Waals surface area contributed by atoms with Crippen LogP contribution in [0.5, 0.6) is 5.75 Å². The van der Waals surface area contributed by atoms with Gasteiger partial charge in [0.25, 0.3) is 0 Å². The molecule has 1 aromatic heterocycles. The van der Waals surface area contributed by atoms with Crippen LogP contribution in [0.2, 0.25) is 0 Å². The van der Waals surface area contributed by atoms with Crippen molar-refractivity contribution in [2.75, 3.05) is 13.7 Å². The number of carbonyl (C=O) groups excluding carboxylic acids is 1. The molecule has 1 aliphatic rings. The van der Waals surface area contributed by atoms with E-state index in [0.29, 0.717) is 5.56 Å². The first kappa shape index (κ1) is 17.3. The van der Waals surface area contributed by atoms with Crippen LogP contribution in [-0.4, -0.2) is 34.4 Å². The summed E-state index contributed by atoms with van der Waals surface area (Å²) in [5, 5.41) is 0. The summed E-state index contributed by atoms with van der Waals surface area (Å²) in [6.45, 7) is 2.61. The molecule has 138 valence electrons. The normalized spacial score (nSPS) is 14.0. The highest BCUT2D eigenvalue weighted by molar-refractivity contribution is 5.93. The van der Waals surface area contributed by atoms with E-state index in [2.05, 4.69) is 16.0 Å². The molecule has 1 amide bonds. The topological polar surface area (TPSA) is 84.2 Å². The van der Waals surface area contributed by atoms with Crippen molar-refractivity contribution in [2.24, 2.45) is 5.73 Å². The number of nitrogens with zero attached hydrogens (tertiary/aromatic N) is 2. The average Bonchev–Trinajstić information content (AvgIpc) is 3.12. The van der Waals surface area contributed by atoms with Gasteiger partial charge in [0.2, 0.25) is 5.91 Å². The third-order valence-corrected chi connectivity index (χ3v) is 4.94. The number of hydrogen-bond donors (Lipinski definition) is 2. The summed E-state index contributed by atoms with van der Waals surface area (Å²) in [6.07, 6.45) is 0.903. The van der Waals surface area contributed by atoms with Gasteiger partial charge >= 0.3 is 0 Å². The molecule has 2 aromatic carbocycles. The number of ether oxygens (including phenoxy) is 1. The molecule has 0 spiro atoms. The Bertz CT molecular complexity index is 963. The number of fused-ring (bicyclic) bond motifs is 1. The molecule has 27 heavy (non-hydrogen) atoms. The van der Waals surface area contributed by atoms with Crippen molar-refractivity contribution < 1.29 is 9.53 Å². The average molecular weight is 362 g/mol. The third kappa shape index (κ3) is 3.57. The van der Waals surface area contributed by atoms with Gasteiger partial charge in [-0.1, -0.05) is 30.3 Å². The first-order valence-corrected chi connectivity index (χ1v) is 8.96. The Labute approximate surface area is 158 Å². The minimum absolute atomic E-state index is 0.424. The van der Waals surface area contributed by atoms with Crippen LogP contribution in [-0.2, 0) is 19.5 Å². The molecule has 3 N–H and O–H groups in total. The van der Waals surface area contributed by atoms with Gasteiger partial charge in [-0.15, -0.1) is 0 Å². The van der Waals surface area contributed by atoms with E-state index in [9.17, 15) is 4.79 Å². The summed E-state index contributed by atoms with van der Waals surface area (Å²) in [4.78, 5) is 21.8. The van der Waals surface area contributed by atoms with Gasteiger partial charge in [0.15, 0.2) is 0 Å². The number of methoxy groups -OCH3 is 1. The molecule has 0 aliphatic carbocycles. The molecule has 0 radical (unpaired) electrons. The van der Waals surface area contributed by atoms with Crippen molar-refractivity contribution in [3.05, 3.63) is 71.0 Å². The minimum Gasteiger partial charge on any atom is -0.496 e. The number of benzene rings is 2. The van der Waals surface area contributed by atoms with Crippen LogP contribution >= 0.6 is 0 Å². The largest absolute Gasteiger partial charge is 0.496 e. The van der Waals surface area contributed by atoms with Crippen LogP contribution in [0.1, 0.15) is 27.3 Å². The maximum atomic E-state index is 11.2. The SMILES string of the molecule is COc1ccccc1CN1CCc2nc(-c3ccc(C(N)=O)cc3)[nH]c2C1. The Kier molecular flexibility index (Phi) is 4.64. The zero-order valence-electron chi connectivity index (χ0n) is 15.2. The summed E-state index contributed by atoms with van der Waals surface area (Å²) in [6, 6.07) is 15.3. The number of H-pyrrole nitrogens is 1. The number of aromatic amines is 1. The first-order chi connectivity index (χ1) is 13.1. The number of primary amides is 1. The molecule has 0 saturated carbocycles. The highest BCUT2D eigenvalue weighted by Gasteiger charge is 2.21. The number of amides is 1. The second-order valence-electron chi connectivity index (χ2n) is 6.72. The molecule has 0 saturated heterocycles. The molecule has 0 fully saturated rings. The van der Waals surface area contributed by atoms with Crippen molar-refractivity contribution in [3.63, 3.8) is 0 Å². The van der Waals surface area contributed by atoms with E-state index < -0.39 is 5.91 Å². The second kappa shape index (κ2) is 7.25. The molecular weight excluding hydrogens is 340 g/mol. The van der Waals surface area contributed by atoms with E-state index in [1.165, 1.54) is 5.56 Å². The lowest BCUT2D eigenvalue weighted by Gasteiger charge is -2.26. The van der Waals surface area contributed by atoms with E-state index in [-0.39, 0.29) is 0 Å². The number of hydrogen-bond acceptors (Lipinski definition) is 4. The molecule has 0 atom stereocenters. The molecule has 4 rings (SSSR count). The van der Waals surface area contributed by atoms with Crippen molar-refractivity contribution in [2.45, 2.75) is 19.5 Å². The zero-order chi connectivity index (χ0) is 18.8. The number of nitrogens with one attached hydrogen (secondary N) is 1. The summed E-state index contributed by atoms with van der Waals surface area (Å²) in [7, 11) is 1.71. The van der Waals surface area contributed by atoms with Crippen LogP contribution in [0.4, 0.5) is 0 Å². The van der Waals surface area contributed by atoms with Crippen molar-refractivity contribution in [3.8, 4) is 17.1 Å². The molecule has 3 aromatic rings. The fourth-order valence-corrected chi connectivity index (χ4v) is 3.49. The van der Waals surface area contributed by atoms with Gasteiger partial charge in [0.1, 0.15) is 11.6 Å². The lowest BCUT2D eigenvalue weighted by molar-refractivity contribution is 0.100. The fourth-order valence-electron chi connectivity index (χ4n) is 3.49. The maximum Gasteiger partial charge on any atom is 0.248 e. The lowest BCUT2D eigenvalue weighted by atomic mass is 10.1. The third-order valence-electron chi connectivity index (χ3n) is 4.94. The van der Waals surface area contributed by atoms with E-state index >= 15 is 0 Å². The summed E-state index contributed by atoms with van der Waals surface area (Å²) in [5.74, 6) is 1.32. The fraction of sp³-hybridized carbons (Fsp3) is 0.238. The number of imidazole rings is 1. The molecule has 0 bridgehead atoms. The Morgan fingerprint density at radius 2 is 2.00 bits per heavy atom. The Morgan fingerprint density at radius 3 is 2.74 bits per heavy atom. The van der Waals surface area contributed by atoms with Gasteiger partial charge in [-0.05, 0) is 18.2 Å². The molecule has 0 unspecified atom stereocenters. The summed E-state index contributed by atoms with van der Waals surface area (Å²) < 4.78 is 5.47. The van der Waals surface area contributed by atoms with Gasteiger partial charge in [0.05, 0.1) is 18.5 Å². The van der Waals surface area contributed by atoms with E-state index in [1.54, 1.807) is 19.2 Å². The number of carbonyl (C=O) groups is 1. The van der Waals surface area contributed by atoms with E-state index in [1.807, 2.05) is 30.3 Å². The number of rotatable bonds is 5. The first-order valence-electron chi connectivity index (χ1n) is 8.96. The smallest absolute Gasteiger partial charge is 0.248 e. The standard InChI is InChI=1S/C21H22N4O2/c1-27-19-5-3-2-4-16(19)12-25-11-10-17-18(13-25)24-21(23-17)15-8-6-14(7-9-15)20(22)26/h2-9H,10-13H2,1H3,(H2,22,26)(H,23,24). The van der Waals surface area contributed by atoms with Crippen LogP contribution in [0, 0.1) is 0 Å². The van der Waals surface area contributed by atoms with Crippen molar-refractivity contribution in [1.29, 1.82) is 0 Å².